The summed E-state index contributed by atoms with van der Waals surface area (Å²) in [6.07, 6.45) is 20.3. The first kappa shape index (κ1) is 41.8. The molecule has 0 unspecified atom stereocenters. The second-order valence-electron chi connectivity index (χ2n) is 13.3. The van der Waals surface area contributed by atoms with Crippen molar-refractivity contribution in [2.45, 2.75) is 171 Å². The molecule has 0 amide bonds. The Labute approximate surface area is 304 Å². The van der Waals surface area contributed by atoms with Crippen LogP contribution in [0.3, 0.4) is 0 Å². The summed E-state index contributed by atoms with van der Waals surface area (Å²) in [5.74, 6) is 0. The van der Waals surface area contributed by atoms with E-state index in [9.17, 15) is 5.53 Å². The normalized spacial score (nSPS) is 13.2. The van der Waals surface area contributed by atoms with Gasteiger partial charge in [0.05, 0.1) is 0 Å². The van der Waals surface area contributed by atoms with E-state index in [2.05, 4.69) is 79.7 Å². The molecule has 0 atom stereocenters. The Morgan fingerprint density at radius 1 is 0.468 bits per heavy atom. The van der Waals surface area contributed by atoms with Gasteiger partial charge in [-0.15, -0.1) is 0 Å². The van der Waals surface area contributed by atoms with Crippen molar-refractivity contribution in [2.75, 3.05) is 0 Å². The molecule has 0 saturated heterocycles. The summed E-state index contributed by atoms with van der Waals surface area (Å²) < 4.78 is 1.65. The number of hydrogen-bond donors (Lipinski definition) is 0. The van der Waals surface area contributed by atoms with Crippen molar-refractivity contribution < 1.29 is 17.4 Å². The molecule has 5 heteroatoms. The zero-order valence-electron chi connectivity index (χ0n) is 31.0. The van der Waals surface area contributed by atoms with Crippen LogP contribution in [0.4, 0.5) is 0 Å². The quantitative estimate of drug-likeness (QED) is 0.0959. The third kappa shape index (κ3) is 11.3. The SMILES string of the molecule is CCCCC1=C(c2cc(CCC)c(CCC)c(CCC)c2)[N+](=[N-])C(c2cc(CCC)c(CCC)c(CCC)c2)=C1CCCC.[Cl][Ni][Cl]. The average Bonchev–Trinajstić information content (AvgIpc) is 3.32. The Bertz CT molecular complexity index is 1190. The fourth-order valence-electron chi connectivity index (χ4n) is 7.47. The fourth-order valence-corrected chi connectivity index (χ4v) is 7.47. The Kier molecular flexibility index (Phi) is 20.5. The summed E-state index contributed by atoms with van der Waals surface area (Å²) in [5.41, 5.74) is 28.9. The standard InChI is InChI=1S/C42H64N2.2ClH.Ni/c1-9-17-25-39-40(26-18-10-2)42(36-29-33(21-13-5)38(24-16-8)34(30-36)22-14-6)44(43)41(39)35-27-31(19-11-3)37(23-15-7)32(28-35)20-12-4;;;/h27-30H,9-26H2,1-8H3;2*1H;/q;;;+2/p-2. The van der Waals surface area contributed by atoms with Crippen LogP contribution in [0.2, 0.25) is 0 Å². The second kappa shape index (κ2) is 23.1. The first-order valence-electron chi connectivity index (χ1n) is 18.9. The van der Waals surface area contributed by atoms with E-state index in [4.69, 9.17) is 20.4 Å². The number of rotatable bonds is 20. The van der Waals surface area contributed by atoms with Gasteiger partial charge in [0.15, 0.2) is 0 Å². The molecule has 0 bridgehead atoms. The first-order valence-corrected chi connectivity index (χ1v) is 21.6. The van der Waals surface area contributed by atoms with Crippen molar-refractivity contribution in [2.24, 2.45) is 0 Å². The molecule has 1 aliphatic heterocycles. The predicted molar refractivity (Wildman–Crippen MR) is 205 cm³/mol. The van der Waals surface area contributed by atoms with E-state index >= 15 is 0 Å². The molecule has 2 nitrogen and oxygen atoms in total. The number of unbranched alkanes of at least 4 members (excludes halogenated alkanes) is 2. The van der Waals surface area contributed by atoms with Gasteiger partial charge in [0.1, 0.15) is 0 Å². The van der Waals surface area contributed by atoms with E-state index < -0.39 is 0 Å². The molecule has 0 aromatic heterocycles. The Hall–Kier alpha value is -1.41. The Balaban J connectivity index is 0.00000246. The van der Waals surface area contributed by atoms with Gasteiger partial charge in [0.2, 0.25) is 11.4 Å². The first-order chi connectivity index (χ1) is 22.8. The third-order valence-electron chi connectivity index (χ3n) is 9.41. The van der Waals surface area contributed by atoms with Crippen molar-refractivity contribution in [3.63, 3.8) is 0 Å². The molecule has 0 N–H and O–H groups in total. The molecule has 266 valence electrons. The zero-order valence-corrected chi connectivity index (χ0v) is 33.5. The van der Waals surface area contributed by atoms with Crippen LogP contribution in [0.15, 0.2) is 35.4 Å². The van der Waals surface area contributed by atoms with E-state index in [1.54, 1.807) is 15.8 Å². The predicted octanol–water partition coefficient (Wildman–Crippen LogP) is 14.3. The summed E-state index contributed by atoms with van der Waals surface area (Å²) in [4.78, 5) is 0. The minimum absolute atomic E-state index is 0.569. The second-order valence-corrected chi connectivity index (χ2v) is 14.9. The van der Waals surface area contributed by atoms with Crippen LogP contribution in [0, 0.1) is 0 Å². The average molecular weight is 727 g/mol. The van der Waals surface area contributed by atoms with Crippen LogP contribution >= 0.6 is 20.4 Å². The van der Waals surface area contributed by atoms with Gasteiger partial charge >= 0.3 is 33.0 Å². The van der Waals surface area contributed by atoms with Crippen molar-refractivity contribution in [1.82, 2.24) is 0 Å². The number of aryl methyl sites for hydroxylation is 4. The van der Waals surface area contributed by atoms with Gasteiger partial charge in [-0.1, -0.05) is 107 Å². The molecule has 0 saturated carbocycles. The number of halogens is 2. The number of benzene rings is 2. The van der Waals surface area contributed by atoms with Gasteiger partial charge in [-0.2, -0.15) is 0 Å². The minimum atomic E-state index is 0.569. The van der Waals surface area contributed by atoms with Crippen LogP contribution in [0.25, 0.3) is 16.9 Å². The molecule has 47 heavy (non-hydrogen) atoms. The van der Waals surface area contributed by atoms with Gasteiger partial charge in [-0.25, -0.2) is 4.70 Å². The van der Waals surface area contributed by atoms with Crippen molar-refractivity contribution in [3.05, 3.63) is 85.5 Å². The van der Waals surface area contributed by atoms with E-state index in [0.29, 0.717) is 12.7 Å². The number of allylic oxidation sites excluding steroid dienone is 2. The molecule has 1 heterocycles. The molecule has 3 rings (SSSR count). The van der Waals surface area contributed by atoms with Crippen LogP contribution < -0.4 is 0 Å². The molecule has 0 radical (unpaired) electrons. The van der Waals surface area contributed by atoms with E-state index in [1.807, 2.05) is 0 Å². The summed E-state index contributed by atoms with van der Waals surface area (Å²) in [6.45, 7) is 18.4. The van der Waals surface area contributed by atoms with Crippen LogP contribution in [-0.2, 0) is 51.2 Å². The van der Waals surface area contributed by atoms with Gasteiger partial charge in [-0.05, 0) is 122 Å². The topological polar surface area (TPSA) is 25.3 Å². The summed E-state index contributed by atoms with van der Waals surface area (Å²) in [5, 5.41) is 0. The molecule has 1 aliphatic rings. The maximum absolute atomic E-state index is 12.4. The van der Waals surface area contributed by atoms with E-state index in [-0.39, 0.29) is 0 Å². The van der Waals surface area contributed by atoms with E-state index in [1.165, 1.54) is 57.4 Å². The number of hydrogen-bond acceptors (Lipinski definition) is 0. The molecule has 0 spiro atoms. The van der Waals surface area contributed by atoms with Gasteiger partial charge in [0.25, 0.3) is 0 Å². The Morgan fingerprint density at radius 2 is 0.745 bits per heavy atom. The molecular formula is C42H64Cl2N2Ni. The van der Waals surface area contributed by atoms with Gasteiger partial charge in [0, 0.05) is 22.3 Å². The summed E-state index contributed by atoms with van der Waals surface area (Å²) in [6, 6.07) is 9.81. The molecule has 0 fully saturated rings. The summed E-state index contributed by atoms with van der Waals surface area (Å²) >= 11 is 0.569. The molecule has 2 aromatic rings. The fraction of sp³-hybridized carbons (Fsp3) is 0.619. The Morgan fingerprint density at radius 3 is 0.979 bits per heavy atom. The monoisotopic (exact) mass is 724 g/mol. The van der Waals surface area contributed by atoms with Crippen LogP contribution in [0.1, 0.15) is 177 Å². The molecular weight excluding hydrogens is 662 g/mol. The van der Waals surface area contributed by atoms with Gasteiger partial charge < -0.3 is 5.53 Å². The van der Waals surface area contributed by atoms with Gasteiger partial charge in [-0.3, -0.25) is 0 Å². The van der Waals surface area contributed by atoms with Crippen molar-refractivity contribution >= 4 is 31.8 Å². The third-order valence-corrected chi connectivity index (χ3v) is 9.41. The van der Waals surface area contributed by atoms with Crippen LogP contribution in [0.5, 0.6) is 0 Å². The van der Waals surface area contributed by atoms with Crippen LogP contribution in [-0.4, -0.2) is 4.70 Å². The maximum atomic E-state index is 12.4. The van der Waals surface area contributed by atoms with Crippen molar-refractivity contribution in [3.8, 4) is 0 Å². The summed E-state index contributed by atoms with van der Waals surface area (Å²) in [7, 11) is 9.40. The molecule has 2 aromatic carbocycles. The van der Waals surface area contributed by atoms with Crippen molar-refractivity contribution in [1.29, 1.82) is 0 Å². The van der Waals surface area contributed by atoms with E-state index in [0.717, 1.165) is 114 Å². The molecule has 0 aliphatic carbocycles. The zero-order chi connectivity index (χ0) is 34.8. The number of nitrogens with zero attached hydrogens (tertiary/aromatic N) is 2.